The molecule has 0 unspecified atom stereocenters. The minimum absolute atomic E-state index is 0.671. The Bertz CT molecular complexity index is 209. The minimum atomic E-state index is 0.671. The first kappa shape index (κ1) is 8.21. The molecule has 1 spiro atoms. The SMILES string of the molecule is CN1CC2(CCN(C3COC3)C2)C1. The molecule has 3 nitrogen and oxygen atoms in total. The van der Waals surface area contributed by atoms with Crippen molar-refractivity contribution < 1.29 is 4.74 Å². The van der Waals surface area contributed by atoms with E-state index in [1.165, 1.54) is 32.6 Å². The van der Waals surface area contributed by atoms with Crippen molar-refractivity contribution in [1.29, 1.82) is 0 Å². The Labute approximate surface area is 79.6 Å². The summed E-state index contributed by atoms with van der Waals surface area (Å²) >= 11 is 0. The van der Waals surface area contributed by atoms with Crippen molar-refractivity contribution in [3.8, 4) is 0 Å². The summed E-state index contributed by atoms with van der Waals surface area (Å²) in [7, 11) is 2.22. The van der Waals surface area contributed by atoms with Crippen LogP contribution in [0.15, 0.2) is 0 Å². The van der Waals surface area contributed by atoms with Crippen LogP contribution in [-0.4, -0.2) is 62.3 Å². The van der Waals surface area contributed by atoms with Crippen molar-refractivity contribution in [1.82, 2.24) is 9.80 Å². The van der Waals surface area contributed by atoms with E-state index in [0.717, 1.165) is 19.3 Å². The molecule has 0 amide bonds. The van der Waals surface area contributed by atoms with Crippen LogP contribution in [0, 0.1) is 5.41 Å². The zero-order valence-corrected chi connectivity index (χ0v) is 8.33. The lowest BCUT2D eigenvalue weighted by molar-refractivity contribution is -0.0668. The molecule has 3 heterocycles. The number of hydrogen-bond acceptors (Lipinski definition) is 3. The van der Waals surface area contributed by atoms with Gasteiger partial charge in [0.2, 0.25) is 0 Å². The van der Waals surface area contributed by atoms with Crippen LogP contribution in [0.2, 0.25) is 0 Å². The summed E-state index contributed by atoms with van der Waals surface area (Å²) in [5.41, 5.74) is 0.671. The zero-order chi connectivity index (χ0) is 8.89. The maximum atomic E-state index is 5.24. The summed E-state index contributed by atoms with van der Waals surface area (Å²) in [4.78, 5) is 5.07. The molecule has 0 bridgehead atoms. The second-order valence-electron chi connectivity index (χ2n) is 5.08. The van der Waals surface area contributed by atoms with Gasteiger partial charge in [0.1, 0.15) is 0 Å². The van der Waals surface area contributed by atoms with Gasteiger partial charge >= 0.3 is 0 Å². The lowest BCUT2D eigenvalue weighted by Gasteiger charge is -2.47. The van der Waals surface area contributed by atoms with Crippen LogP contribution >= 0.6 is 0 Å². The van der Waals surface area contributed by atoms with Crippen molar-refractivity contribution in [2.24, 2.45) is 5.41 Å². The molecule has 0 atom stereocenters. The van der Waals surface area contributed by atoms with Crippen LogP contribution in [0.4, 0.5) is 0 Å². The molecule has 0 aromatic carbocycles. The van der Waals surface area contributed by atoms with Gasteiger partial charge in [-0.25, -0.2) is 0 Å². The molecule has 3 rings (SSSR count). The average molecular weight is 182 g/mol. The molecule has 0 aliphatic carbocycles. The Morgan fingerprint density at radius 1 is 1.23 bits per heavy atom. The van der Waals surface area contributed by atoms with E-state index in [9.17, 15) is 0 Å². The van der Waals surface area contributed by atoms with E-state index in [1.807, 2.05) is 0 Å². The summed E-state index contributed by atoms with van der Waals surface area (Å²) in [5.74, 6) is 0. The lowest BCUT2D eigenvalue weighted by atomic mass is 9.79. The first-order chi connectivity index (χ1) is 6.27. The van der Waals surface area contributed by atoms with E-state index in [4.69, 9.17) is 4.74 Å². The molecule has 0 saturated carbocycles. The molecular weight excluding hydrogens is 164 g/mol. The molecule has 74 valence electrons. The predicted molar refractivity (Wildman–Crippen MR) is 50.7 cm³/mol. The lowest BCUT2D eigenvalue weighted by Crippen LogP contribution is -2.57. The maximum Gasteiger partial charge on any atom is 0.0645 e. The Hall–Kier alpha value is -0.120. The third-order valence-electron chi connectivity index (χ3n) is 3.82. The third-order valence-corrected chi connectivity index (χ3v) is 3.82. The van der Waals surface area contributed by atoms with Gasteiger partial charge in [0.25, 0.3) is 0 Å². The van der Waals surface area contributed by atoms with Crippen LogP contribution in [-0.2, 0) is 4.74 Å². The van der Waals surface area contributed by atoms with Gasteiger partial charge in [-0.2, -0.15) is 0 Å². The van der Waals surface area contributed by atoms with Crippen LogP contribution < -0.4 is 0 Å². The van der Waals surface area contributed by atoms with Crippen molar-refractivity contribution in [2.45, 2.75) is 12.5 Å². The van der Waals surface area contributed by atoms with Crippen molar-refractivity contribution in [3.63, 3.8) is 0 Å². The first-order valence-corrected chi connectivity index (χ1v) is 5.28. The van der Waals surface area contributed by atoms with E-state index >= 15 is 0 Å². The fourth-order valence-electron chi connectivity index (χ4n) is 3.07. The summed E-state index contributed by atoms with van der Waals surface area (Å²) in [6.45, 7) is 7.22. The Balaban J connectivity index is 1.59. The number of nitrogens with zero attached hydrogens (tertiary/aromatic N) is 2. The van der Waals surface area contributed by atoms with Gasteiger partial charge in [0.05, 0.1) is 19.3 Å². The minimum Gasteiger partial charge on any atom is -0.378 e. The van der Waals surface area contributed by atoms with Gasteiger partial charge in [-0.05, 0) is 20.0 Å². The molecule has 3 aliphatic heterocycles. The van der Waals surface area contributed by atoms with Gasteiger partial charge in [0.15, 0.2) is 0 Å². The molecule has 13 heavy (non-hydrogen) atoms. The van der Waals surface area contributed by atoms with E-state index in [0.29, 0.717) is 5.41 Å². The van der Waals surface area contributed by atoms with Gasteiger partial charge in [0, 0.05) is 25.0 Å². The highest BCUT2D eigenvalue weighted by Gasteiger charge is 2.48. The van der Waals surface area contributed by atoms with Crippen LogP contribution in [0.3, 0.4) is 0 Å². The van der Waals surface area contributed by atoms with Crippen LogP contribution in [0.1, 0.15) is 6.42 Å². The molecular formula is C10H18N2O. The molecule has 0 aromatic heterocycles. The molecule has 3 saturated heterocycles. The highest BCUT2D eigenvalue weighted by atomic mass is 16.5. The number of hydrogen-bond donors (Lipinski definition) is 0. The fourth-order valence-corrected chi connectivity index (χ4v) is 3.07. The smallest absolute Gasteiger partial charge is 0.0645 e. The largest absolute Gasteiger partial charge is 0.378 e. The highest BCUT2D eigenvalue weighted by Crippen LogP contribution is 2.39. The Kier molecular flexibility index (Phi) is 1.70. The molecule has 3 fully saturated rings. The third kappa shape index (κ3) is 1.22. The monoisotopic (exact) mass is 182 g/mol. The highest BCUT2D eigenvalue weighted by molar-refractivity contribution is 5.02. The van der Waals surface area contributed by atoms with Gasteiger partial charge in [-0.3, -0.25) is 4.90 Å². The summed E-state index contributed by atoms with van der Waals surface area (Å²) in [5, 5.41) is 0. The summed E-state index contributed by atoms with van der Waals surface area (Å²) in [6, 6.07) is 0.755. The molecule has 0 aromatic rings. The topological polar surface area (TPSA) is 15.7 Å². The number of rotatable bonds is 1. The molecule has 3 aliphatic rings. The second kappa shape index (κ2) is 2.69. The van der Waals surface area contributed by atoms with Crippen molar-refractivity contribution in [3.05, 3.63) is 0 Å². The van der Waals surface area contributed by atoms with Crippen LogP contribution in [0.25, 0.3) is 0 Å². The summed E-state index contributed by atoms with van der Waals surface area (Å²) in [6.07, 6.45) is 1.41. The van der Waals surface area contributed by atoms with E-state index < -0.39 is 0 Å². The molecule has 3 heteroatoms. The quantitative estimate of drug-likeness (QED) is 0.569. The van der Waals surface area contributed by atoms with E-state index in [-0.39, 0.29) is 0 Å². The van der Waals surface area contributed by atoms with E-state index in [2.05, 4.69) is 16.8 Å². The number of ether oxygens (including phenoxy) is 1. The normalized spacial score (nSPS) is 34.8. The Morgan fingerprint density at radius 3 is 2.54 bits per heavy atom. The summed E-state index contributed by atoms with van der Waals surface area (Å²) < 4.78 is 5.24. The van der Waals surface area contributed by atoms with Crippen molar-refractivity contribution in [2.75, 3.05) is 46.4 Å². The molecule has 0 N–H and O–H groups in total. The van der Waals surface area contributed by atoms with Gasteiger partial charge in [-0.15, -0.1) is 0 Å². The standard InChI is InChI=1S/C10H18N2O/c1-11-6-10(7-11)2-3-12(8-10)9-4-13-5-9/h9H,2-8H2,1H3. The van der Waals surface area contributed by atoms with Gasteiger partial charge in [-0.1, -0.05) is 0 Å². The first-order valence-electron chi connectivity index (χ1n) is 5.28. The second-order valence-corrected chi connectivity index (χ2v) is 5.08. The van der Waals surface area contributed by atoms with E-state index in [1.54, 1.807) is 0 Å². The molecule has 0 radical (unpaired) electrons. The van der Waals surface area contributed by atoms with Gasteiger partial charge < -0.3 is 9.64 Å². The van der Waals surface area contributed by atoms with Crippen LogP contribution in [0.5, 0.6) is 0 Å². The number of likely N-dealkylation sites (tertiary alicyclic amines) is 2. The Morgan fingerprint density at radius 2 is 2.00 bits per heavy atom. The maximum absolute atomic E-state index is 5.24. The fraction of sp³-hybridized carbons (Fsp3) is 1.00. The zero-order valence-electron chi connectivity index (χ0n) is 8.33. The predicted octanol–water partition coefficient (Wildman–Crippen LogP) is 0.0227. The van der Waals surface area contributed by atoms with Crippen molar-refractivity contribution >= 4 is 0 Å². The average Bonchev–Trinajstić information content (AvgIpc) is 2.28.